The molecule has 1 aromatic rings. The fourth-order valence-corrected chi connectivity index (χ4v) is 2.88. The number of hydrogen-bond acceptors (Lipinski definition) is 5. The second-order valence-electron chi connectivity index (χ2n) is 6.97. The van der Waals surface area contributed by atoms with E-state index in [0.29, 0.717) is 12.5 Å². The maximum atomic E-state index is 11.8. The molecule has 0 spiro atoms. The van der Waals surface area contributed by atoms with E-state index in [2.05, 4.69) is 20.2 Å². The first-order chi connectivity index (χ1) is 10.7. The molecule has 0 bridgehead atoms. The molecule has 0 radical (unpaired) electrons. The summed E-state index contributed by atoms with van der Waals surface area (Å²) in [5.41, 5.74) is 0.381. The van der Waals surface area contributed by atoms with Crippen LogP contribution in [0.1, 0.15) is 39.3 Å². The Balaban J connectivity index is 1.89. The van der Waals surface area contributed by atoms with Crippen LogP contribution in [0, 0.1) is 12.8 Å². The smallest absolute Gasteiger partial charge is 0.407 e. The van der Waals surface area contributed by atoms with Gasteiger partial charge in [0.05, 0.1) is 0 Å². The molecule has 7 heteroatoms. The highest BCUT2D eigenvalue weighted by atomic mass is 35.5. The SMILES string of the molecule is Cc1cc(N2CCC[C@@H](CNC(=O)OC(C)(C)C)C2)nc(Cl)n1. The molecule has 0 saturated carbocycles. The van der Waals surface area contributed by atoms with Crippen LogP contribution in [-0.2, 0) is 4.74 Å². The van der Waals surface area contributed by atoms with Crippen LogP contribution >= 0.6 is 11.6 Å². The van der Waals surface area contributed by atoms with Crippen LogP contribution in [0.4, 0.5) is 10.6 Å². The molecule has 0 aromatic carbocycles. The zero-order chi connectivity index (χ0) is 17.0. The van der Waals surface area contributed by atoms with Gasteiger partial charge in [0.2, 0.25) is 5.28 Å². The molecule has 1 saturated heterocycles. The molecule has 0 aliphatic carbocycles. The fourth-order valence-electron chi connectivity index (χ4n) is 2.66. The molecule has 0 unspecified atom stereocenters. The third kappa shape index (κ3) is 5.86. The molecule has 128 valence electrons. The van der Waals surface area contributed by atoms with Crippen LogP contribution in [0.15, 0.2) is 6.07 Å². The second-order valence-corrected chi connectivity index (χ2v) is 7.31. The van der Waals surface area contributed by atoms with E-state index in [4.69, 9.17) is 16.3 Å². The molecule has 1 aliphatic rings. The average molecular weight is 341 g/mol. The topological polar surface area (TPSA) is 67.4 Å². The number of aryl methyl sites for hydroxylation is 1. The molecule has 1 N–H and O–H groups in total. The van der Waals surface area contributed by atoms with E-state index in [1.807, 2.05) is 33.8 Å². The van der Waals surface area contributed by atoms with Crippen molar-refractivity contribution in [2.24, 2.45) is 5.92 Å². The Hall–Kier alpha value is -1.56. The number of nitrogens with one attached hydrogen (secondary N) is 1. The van der Waals surface area contributed by atoms with Gasteiger partial charge in [-0.25, -0.2) is 14.8 Å². The molecule has 1 amide bonds. The van der Waals surface area contributed by atoms with Crippen molar-refractivity contribution in [3.63, 3.8) is 0 Å². The lowest BCUT2D eigenvalue weighted by Crippen LogP contribution is -2.42. The van der Waals surface area contributed by atoms with E-state index < -0.39 is 5.60 Å². The average Bonchev–Trinajstić information content (AvgIpc) is 2.43. The van der Waals surface area contributed by atoms with Gasteiger partial charge in [-0.15, -0.1) is 0 Å². The zero-order valence-electron chi connectivity index (χ0n) is 14.2. The Morgan fingerprint density at radius 1 is 1.48 bits per heavy atom. The normalized spacial score (nSPS) is 18.7. The summed E-state index contributed by atoms with van der Waals surface area (Å²) < 4.78 is 5.27. The van der Waals surface area contributed by atoms with Crippen molar-refractivity contribution in [1.82, 2.24) is 15.3 Å². The maximum Gasteiger partial charge on any atom is 0.407 e. The van der Waals surface area contributed by atoms with Gasteiger partial charge in [0, 0.05) is 31.4 Å². The van der Waals surface area contributed by atoms with Gasteiger partial charge in [-0.05, 0) is 58.1 Å². The second kappa shape index (κ2) is 7.34. The van der Waals surface area contributed by atoms with Crippen molar-refractivity contribution in [3.8, 4) is 0 Å². The predicted molar refractivity (Wildman–Crippen MR) is 91.0 cm³/mol. The summed E-state index contributed by atoms with van der Waals surface area (Å²) in [5.74, 6) is 1.22. The van der Waals surface area contributed by atoms with Gasteiger partial charge in [-0.2, -0.15) is 0 Å². The van der Waals surface area contributed by atoms with Crippen molar-refractivity contribution in [2.45, 2.75) is 46.1 Å². The summed E-state index contributed by atoms with van der Waals surface area (Å²) in [6.07, 6.45) is 1.77. The lowest BCUT2D eigenvalue weighted by molar-refractivity contribution is 0.0517. The minimum absolute atomic E-state index is 0.272. The largest absolute Gasteiger partial charge is 0.444 e. The number of amides is 1. The number of ether oxygens (including phenoxy) is 1. The third-order valence-corrected chi connectivity index (χ3v) is 3.76. The summed E-state index contributed by atoms with van der Waals surface area (Å²) >= 11 is 5.95. The monoisotopic (exact) mass is 340 g/mol. The van der Waals surface area contributed by atoms with Crippen LogP contribution in [0.3, 0.4) is 0 Å². The van der Waals surface area contributed by atoms with Crippen molar-refractivity contribution in [3.05, 3.63) is 17.0 Å². The first kappa shape index (κ1) is 17.8. The van der Waals surface area contributed by atoms with E-state index in [1.54, 1.807) is 0 Å². The fraction of sp³-hybridized carbons (Fsp3) is 0.688. The van der Waals surface area contributed by atoms with Gasteiger partial charge in [-0.3, -0.25) is 0 Å². The summed E-state index contributed by atoms with van der Waals surface area (Å²) in [6.45, 7) is 9.85. The molecule has 1 atom stereocenters. The Bertz CT molecular complexity index is 539. The van der Waals surface area contributed by atoms with Crippen molar-refractivity contribution >= 4 is 23.5 Å². The number of carbonyl (C=O) groups excluding carboxylic acids is 1. The van der Waals surface area contributed by atoms with Gasteiger partial charge in [-0.1, -0.05) is 0 Å². The van der Waals surface area contributed by atoms with E-state index in [0.717, 1.165) is 37.4 Å². The molecule has 6 nitrogen and oxygen atoms in total. The minimum Gasteiger partial charge on any atom is -0.444 e. The number of hydrogen-bond donors (Lipinski definition) is 1. The molecule has 23 heavy (non-hydrogen) atoms. The van der Waals surface area contributed by atoms with Crippen molar-refractivity contribution < 1.29 is 9.53 Å². The molecule has 1 fully saturated rings. The van der Waals surface area contributed by atoms with Crippen LogP contribution in [0.2, 0.25) is 5.28 Å². The number of aromatic nitrogens is 2. The number of halogens is 1. The molecule has 1 aromatic heterocycles. The lowest BCUT2D eigenvalue weighted by atomic mass is 9.98. The first-order valence-corrected chi connectivity index (χ1v) is 8.34. The summed E-state index contributed by atoms with van der Waals surface area (Å²) in [6, 6.07) is 1.94. The summed E-state index contributed by atoms with van der Waals surface area (Å²) in [4.78, 5) is 22.4. The van der Waals surface area contributed by atoms with Gasteiger partial charge in [0.25, 0.3) is 0 Å². The van der Waals surface area contributed by atoms with E-state index >= 15 is 0 Å². The minimum atomic E-state index is -0.474. The molecule has 2 rings (SSSR count). The summed E-state index contributed by atoms with van der Waals surface area (Å²) in [7, 11) is 0. The predicted octanol–water partition coefficient (Wildman–Crippen LogP) is 3.18. The number of carbonyl (C=O) groups is 1. The van der Waals surface area contributed by atoms with Crippen molar-refractivity contribution in [2.75, 3.05) is 24.5 Å². The number of alkyl carbamates (subject to hydrolysis) is 1. The number of piperidine rings is 1. The van der Waals surface area contributed by atoms with Crippen LogP contribution in [0.5, 0.6) is 0 Å². The number of anilines is 1. The quantitative estimate of drug-likeness (QED) is 0.856. The van der Waals surface area contributed by atoms with Crippen LogP contribution in [-0.4, -0.2) is 41.3 Å². The van der Waals surface area contributed by atoms with Gasteiger partial charge in [0.15, 0.2) is 0 Å². The number of rotatable bonds is 3. The Morgan fingerprint density at radius 2 is 2.22 bits per heavy atom. The highest BCUT2D eigenvalue weighted by molar-refractivity contribution is 6.28. The third-order valence-electron chi connectivity index (χ3n) is 3.59. The Labute approximate surface area is 142 Å². The lowest BCUT2D eigenvalue weighted by Gasteiger charge is -2.33. The molecular weight excluding hydrogens is 316 g/mol. The van der Waals surface area contributed by atoms with E-state index in [9.17, 15) is 4.79 Å². The maximum absolute atomic E-state index is 11.8. The van der Waals surface area contributed by atoms with Crippen LogP contribution < -0.4 is 10.2 Å². The Kier molecular flexibility index (Phi) is 5.68. The highest BCUT2D eigenvalue weighted by Crippen LogP contribution is 2.23. The van der Waals surface area contributed by atoms with E-state index in [-0.39, 0.29) is 11.4 Å². The van der Waals surface area contributed by atoms with Crippen molar-refractivity contribution in [1.29, 1.82) is 0 Å². The zero-order valence-corrected chi connectivity index (χ0v) is 15.0. The standard InChI is InChI=1S/C16H25ClN4O2/c1-11-8-13(20-14(17)19-11)21-7-5-6-12(10-21)9-18-15(22)23-16(2,3)4/h8,12H,5-7,9-10H2,1-4H3,(H,18,22)/t12-/m0/s1. The van der Waals surface area contributed by atoms with Crippen LogP contribution in [0.25, 0.3) is 0 Å². The molecule has 2 heterocycles. The first-order valence-electron chi connectivity index (χ1n) is 7.96. The number of nitrogens with zero attached hydrogens (tertiary/aromatic N) is 3. The summed E-state index contributed by atoms with van der Waals surface area (Å²) in [5, 5.41) is 3.13. The highest BCUT2D eigenvalue weighted by Gasteiger charge is 2.23. The van der Waals surface area contributed by atoms with Gasteiger partial charge in [0.1, 0.15) is 11.4 Å². The van der Waals surface area contributed by atoms with Gasteiger partial charge < -0.3 is 15.0 Å². The van der Waals surface area contributed by atoms with Gasteiger partial charge >= 0.3 is 6.09 Å². The molecule has 1 aliphatic heterocycles. The van der Waals surface area contributed by atoms with E-state index in [1.165, 1.54) is 0 Å². The molecular formula is C16H25ClN4O2. The Morgan fingerprint density at radius 3 is 2.87 bits per heavy atom.